The zero-order chi connectivity index (χ0) is 20.1. The third kappa shape index (κ3) is 5.50. The van der Waals surface area contributed by atoms with E-state index in [9.17, 15) is 4.79 Å². The molecule has 0 saturated heterocycles. The van der Waals surface area contributed by atoms with Gasteiger partial charge in [-0.1, -0.05) is 43.7 Å². The molecule has 1 aromatic carbocycles. The van der Waals surface area contributed by atoms with Crippen LogP contribution >= 0.6 is 11.8 Å². The molecular weight excluding hydrogens is 374 g/mol. The molecule has 0 spiro atoms. The van der Waals surface area contributed by atoms with Gasteiger partial charge in [0.1, 0.15) is 5.75 Å². The van der Waals surface area contributed by atoms with Crippen molar-refractivity contribution in [3.05, 3.63) is 35.2 Å². The normalized spacial score (nSPS) is 20.6. The maximum Gasteiger partial charge on any atom is 0.277 e. The lowest BCUT2D eigenvalue weighted by molar-refractivity contribution is -0.121. The van der Waals surface area contributed by atoms with Gasteiger partial charge in [-0.25, -0.2) is 0 Å². The topological polar surface area (TPSA) is 77.2 Å². The number of amides is 1. The number of carbonyl (C=O) groups excluding carboxylic acids is 1. The van der Waals surface area contributed by atoms with Crippen LogP contribution in [0, 0.1) is 19.8 Å². The minimum Gasteiger partial charge on any atom is -0.484 e. The van der Waals surface area contributed by atoms with Crippen molar-refractivity contribution < 1.29 is 13.9 Å². The maximum absolute atomic E-state index is 12.5. The Morgan fingerprint density at radius 2 is 2.11 bits per heavy atom. The molecule has 1 fully saturated rings. The Morgan fingerprint density at radius 3 is 2.89 bits per heavy atom. The molecule has 3 atom stereocenters. The number of nitrogens with one attached hydrogen (secondary N) is 1. The minimum absolute atomic E-state index is 0.0233. The summed E-state index contributed by atoms with van der Waals surface area (Å²) in [6.07, 6.45) is 4.68. The summed E-state index contributed by atoms with van der Waals surface area (Å²) in [7, 11) is 0. The molecule has 28 heavy (non-hydrogen) atoms. The summed E-state index contributed by atoms with van der Waals surface area (Å²) >= 11 is 1.28. The fourth-order valence-electron chi connectivity index (χ4n) is 3.38. The summed E-state index contributed by atoms with van der Waals surface area (Å²) < 4.78 is 11.4. The molecule has 1 amide bonds. The second kappa shape index (κ2) is 9.45. The largest absolute Gasteiger partial charge is 0.484 e. The van der Waals surface area contributed by atoms with Gasteiger partial charge >= 0.3 is 0 Å². The van der Waals surface area contributed by atoms with Crippen LogP contribution in [0.4, 0.5) is 0 Å². The number of nitrogens with zero attached hydrogens (tertiary/aromatic N) is 2. The molecule has 3 rings (SSSR count). The molecule has 2 aromatic rings. The zero-order valence-electron chi connectivity index (χ0n) is 17.0. The molecule has 1 aliphatic carbocycles. The molecule has 0 aliphatic heterocycles. The van der Waals surface area contributed by atoms with Crippen molar-refractivity contribution >= 4 is 17.7 Å². The molecule has 1 N–H and O–H groups in total. The first-order valence-electron chi connectivity index (χ1n) is 9.92. The van der Waals surface area contributed by atoms with Gasteiger partial charge in [-0.3, -0.25) is 4.79 Å². The second-order valence-corrected chi connectivity index (χ2v) is 8.95. The van der Waals surface area contributed by atoms with Gasteiger partial charge in [0, 0.05) is 6.04 Å². The molecule has 1 saturated carbocycles. The number of rotatable bonds is 7. The highest BCUT2D eigenvalue weighted by molar-refractivity contribution is 8.00. The zero-order valence-corrected chi connectivity index (χ0v) is 17.8. The van der Waals surface area contributed by atoms with Crippen LogP contribution in [0.2, 0.25) is 0 Å². The molecule has 6 nitrogen and oxygen atoms in total. The number of hydrogen-bond donors (Lipinski definition) is 1. The highest BCUT2D eigenvalue weighted by Crippen LogP contribution is 2.26. The second-order valence-electron chi connectivity index (χ2n) is 7.66. The monoisotopic (exact) mass is 403 g/mol. The van der Waals surface area contributed by atoms with Crippen LogP contribution in [-0.2, 0) is 11.4 Å². The molecular formula is C21H29N3O3S. The van der Waals surface area contributed by atoms with Crippen molar-refractivity contribution in [2.24, 2.45) is 5.92 Å². The van der Waals surface area contributed by atoms with E-state index in [-0.39, 0.29) is 23.8 Å². The number of hydrogen-bond acceptors (Lipinski definition) is 6. The van der Waals surface area contributed by atoms with E-state index in [1.807, 2.05) is 39.0 Å². The molecule has 1 aromatic heterocycles. The minimum atomic E-state index is -0.289. The maximum atomic E-state index is 12.5. The number of benzene rings is 1. The van der Waals surface area contributed by atoms with E-state index in [2.05, 4.69) is 22.4 Å². The Bertz CT molecular complexity index is 808. The lowest BCUT2D eigenvalue weighted by atomic mass is 9.86. The van der Waals surface area contributed by atoms with E-state index in [0.717, 1.165) is 23.3 Å². The number of aryl methyl sites for hydroxylation is 2. The van der Waals surface area contributed by atoms with E-state index in [0.29, 0.717) is 17.0 Å². The van der Waals surface area contributed by atoms with Gasteiger partial charge < -0.3 is 14.5 Å². The Labute approximate surface area is 170 Å². The molecule has 0 radical (unpaired) electrons. The molecule has 1 aliphatic rings. The third-order valence-corrected chi connectivity index (χ3v) is 6.16. The number of carbonyl (C=O) groups is 1. The first-order valence-corrected chi connectivity index (χ1v) is 10.8. The van der Waals surface area contributed by atoms with Gasteiger partial charge in [-0.15, -0.1) is 10.2 Å². The Kier molecular flexibility index (Phi) is 6.99. The lowest BCUT2D eigenvalue weighted by Crippen LogP contribution is -2.44. The Morgan fingerprint density at radius 1 is 1.32 bits per heavy atom. The number of aromatic nitrogens is 2. The van der Waals surface area contributed by atoms with Crippen LogP contribution in [0.3, 0.4) is 0 Å². The summed E-state index contributed by atoms with van der Waals surface area (Å²) in [6, 6.07) is 6.32. The molecule has 7 heteroatoms. The lowest BCUT2D eigenvalue weighted by Gasteiger charge is -2.30. The molecule has 152 valence electrons. The first-order chi connectivity index (χ1) is 13.4. The van der Waals surface area contributed by atoms with E-state index in [1.54, 1.807) is 0 Å². The summed E-state index contributed by atoms with van der Waals surface area (Å²) in [5.74, 6) is 1.76. The Balaban J connectivity index is 1.50. The quantitative estimate of drug-likeness (QED) is 0.689. The van der Waals surface area contributed by atoms with Gasteiger partial charge in [0.2, 0.25) is 5.91 Å². The highest BCUT2D eigenvalue weighted by atomic mass is 32.2. The first kappa shape index (κ1) is 20.7. The summed E-state index contributed by atoms with van der Waals surface area (Å²) in [4.78, 5) is 12.5. The van der Waals surface area contributed by atoms with Crippen LogP contribution in [0.15, 0.2) is 27.8 Å². The summed E-state index contributed by atoms with van der Waals surface area (Å²) in [5.41, 5.74) is 2.19. The van der Waals surface area contributed by atoms with E-state index in [4.69, 9.17) is 9.15 Å². The molecule has 0 bridgehead atoms. The van der Waals surface area contributed by atoms with Gasteiger partial charge in [0.15, 0.2) is 6.61 Å². The summed E-state index contributed by atoms with van der Waals surface area (Å²) in [6.45, 7) is 8.30. The van der Waals surface area contributed by atoms with Crippen molar-refractivity contribution in [1.82, 2.24) is 15.5 Å². The van der Waals surface area contributed by atoms with Crippen LogP contribution in [0.25, 0.3) is 0 Å². The van der Waals surface area contributed by atoms with Crippen molar-refractivity contribution in [3.8, 4) is 5.75 Å². The number of thioether (sulfide) groups is 1. The van der Waals surface area contributed by atoms with Crippen LogP contribution < -0.4 is 10.1 Å². The van der Waals surface area contributed by atoms with Crippen LogP contribution in [0.1, 0.15) is 56.5 Å². The van der Waals surface area contributed by atoms with Crippen molar-refractivity contribution in [2.75, 3.05) is 0 Å². The van der Waals surface area contributed by atoms with Crippen LogP contribution in [-0.4, -0.2) is 27.4 Å². The van der Waals surface area contributed by atoms with Crippen molar-refractivity contribution in [3.63, 3.8) is 0 Å². The highest BCUT2D eigenvalue weighted by Gasteiger charge is 2.26. The SMILES string of the molecule is Cc1ccc(C)c(OCc2nnc(SC(C)C(=O)NC3CCCCC3C)o2)c1. The fourth-order valence-corrected chi connectivity index (χ4v) is 4.09. The third-order valence-electron chi connectivity index (χ3n) is 5.23. The van der Waals surface area contributed by atoms with E-state index >= 15 is 0 Å². The fraction of sp³-hybridized carbons (Fsp3) is 0.571. The van der Waals surface area contributed by atoms with Crippen molar-refractivity contribution in [2.45, 2.75) is 76.5 Å². The average Bonchev–Trinajstić information content (AvgIpc) is 3.11. The Hall–Kier alpha value is -2.02. The van der Waals surface area contributed by atoms with E-state index < -0.39 is 0 Å². The van der Waals surface area contributed by atoms with Gasteiger partial charge in [0.25, 0.3) is 11.1 Å². The van der Waals surface area contributed by atoms with Gasteiger partial charge in [-0.05, 0) is 56.7 Å². The smallest absolute Gasteiger partial charge is 0.277 e. The molecule has 1 heterocycles. The van der Waals surface area contributed by atoms with Crippen molar-refractivity contribution in [1.29, 1.82) is 0 Å². The standard InChI is InChI=1S/C21H29N3O3S/c1-13-9-10-15(3)18(11-13)26-12-19-23-24-21(27-19)28-16(4)20(25)22-17-8-6-5-7-14(17)2/h9-11,14,16-17H,5-8,12H2,1-4H3,(H,22,25). The van der Waals surface area contributed by atoms with Gasteiger partial charge in [-0.2, -0.15) is 0 Å². The van der Waals surface area contributed by atoms with E-state index in [1.165, 1.54) is 31.0 Å². The summed E-state index contributed by atoms with van der Waals surface area (Å²) in [5, 5.41) is 11.3. The van der Waals surface area contributed by atoms with Gasteiger partial charge in [0.05, 0.1) is 5.25 Å². The predicted octanol–water partition coefficient (Wildman–Crippen LogP) is 4.44. The van der Waals surface area contributed by atoms with Crippen LogP contribution in [0.5, 0.6) is 5.75 Å². The average molecular weight is 404 g/mol. The predicted molar refractivity (Wildman–Crippen MR) is 109 cm³/mol. The molecule has 3 unspecified atom stereocenters. The number of ether oxygens (including phenoxy) is 1.